The topological polar surface area (TPSA) is 50.7 Å². The molecule has 0 spiro atoms. The molecular formula is C16H27NO3. The van der Waals surface area contributed by atoms with E-state index in [0.29, 0.717) is 19.6 Å². The molecule has 4 heteroatoms. The Morgan fingerprint density at radius 1 is 1.20 bits per heavy atom. The maximum Gasteiger partial charge on any atom is 0.161 e. The molecule has 0 saturated heterocycles. The highest BCUT2D eigenvalue weighted by atomic mass is 16.5. The number of nitrogens with one attached hydrogen (secondary N) is 1. The number of benzene rings is 1. The van der Waals surface area contributed by atoms with Crippen LogP contribution in [0.3, 0.4) is 0 Å². The first kappa shape index (κ1) is 16.8. The van der Waals surface area contributed by atoms with E-state index < -0.39 is 0 Å². The molecule has 0 aliphatic heterocycles. The van der Waals surface area contributed by atoms with Crippen LogP contribution in [0.1, 0.15) is 39.2 Å². The first-order chi connectivity index (χ1) is 9.67. The van der Waals surface area contributed by atoms with E-state index in [-0.39, 0.29) is 6.10 Å². The molecule has 1 rings (SSSR count). The summed E-state index contributed by atoms with van der Waals surface area (Å²) in [5, 5.41) is 12.6. The van der Waals surface area contributed by atoms with Crippen LogP contribution in [0.5, 0.6) is 11.5 Å². The van der Waals surface area contributed by atoms with Gasteiger partial charge in [-0.05, 0) is 44.5 Å². The van der Waals surface area contributed by atoms with E-state index in [9.17, 15) is 5.11 Å². The standard InChI is InChI=1S/C16H27NO3/c1-4-9-17-12-14-6-7-15(16(11-14)19-5-2)20-10-8-13(3)18/h6-7,11,13,17-18H,4-5,8-10,12H2,1-3H3. The molecule has 0 aromatic heterocycles. The summed E-state index contributed by atoms with van der Waals surface area (Å²) in [6, 6.07) is 6.00. The number of hydrogen-bond acceptors (Lipinski definition) is 4. The van der Waals surface area contributed by atoms with Gasteiger partial charge in [0, 0.05) is 13.0 Å². The number of ether oxygens (including phenoxy) is 2. The van der Waals surface area contributed by atoms with Gasteiger partial charge in [0.2, 0.25) is 0 Å². The maximum absolute atomic E-state index is 9.25. The second kappa shape index (κ2) is 9.61. The van der Waals surface area contributed by atoms with E-state index in [0.717, 1.165) is 31.0 Å². The minimum atomic E-state index is -0.344. The largest absolute Gasteiger partial charge is 0.490 e. The van der Waals surface area contributed by atoms with Crippen LogP contribution in [0, 0.1) is 0 Å². The molecule has 0 heterocycles. The molecule has 1 atom stereocenters. The third-order valence-electron chi connectivity index (χ3n) is 2.86. The Kier molecular flexibility index (Phi) is 8.07. The van der Waals surface area contributed by atoms with Crippen molar-refractivity contribution in [3.63, 3.8) is 0 Å². The summed E-state index contributed by atoms with van der Waals surface area (Å²) in [5.41, 5.74) is 1.18. The Hall–Kier alpha value is -1.26. The van der Waals surface area contributed by atoms with Gasteiger partial charge in [0.05, 0.1) is 19.3 Å². The van der Waals surface area contributed by atoms with Crippen LogP contribution in [-0.2, 0) is 6.54 Å². The van der Waals surface area contributed by atoms with Crippen molar-refractivity contribution in [3.05, 3.63) is 23.8 Å². The molecular weight excluding hydrogens is 254 g/mol. The van der Waals surface area contributed by atoms with E-state index in [1.807, 2.05) is 25.1 Å². The van der Waals surface area contributed by atoms with Gasteiger partial charge in [0.1, 0.15) is 0 Å². The van der Waals surface area contributed by atoms with Crippen molar-refractivity contribution in [1.29, 1.82) is 0 Å². The molecule has 2 N–H and O–H groups in total. The van der Waals surface area contributed by atoms with Gasteiger partial charge in [-0.2, -0.15) is 0 Å². The highest BCUT2D eigenvalue weighted by Crippen LogP contribution is 2.28. The summed E-state index contributed by atoms with van der Waals surface area (Å²) in [5.74, 6) is 1.51. The molecule has 1 aromatic carbocycles. The molecule has 4 nitrogen and oxygen atoms in total. The predicted molar refractivity (Wildman–Crippen MR) is 81.4 cm³/mol. The van der Waals surface area contributed by atoms with E-state index >= 15 is 0 Å². The molecule has 0 saturated carbocycles. The number of hydrogen-bond donors (Lipinski definition) is 2. The zero-order chi connectivity index (χ0) is 14.8. The van der Waals surface area contributed by atoms with Crippen LogP contribution in [0.2, 0.25) is 0 Å². The van der Waals surface area contributed by atoms with Crippen LogP contribution in [-0.4, -0.2) is 31.0 Å². The summed E-state index contributed by atoms with van der Waals surface area (Å²) in [6.45, 7) is 8.82. The van der Waals surface area contributed by atoms with Gasteiger partial charge in [-0.3, -0.25) is 0 Å². The van der Waals surface area contributed by atoms with E-state index in [2.05, 4.69) is 12.2 Å². The average Bonchev–Trinajstić information content (AvgIpc) is 2.41. The van der Waals surface area contributed by atoms with Crippen molar-refractivity contribution >= 4 is 0 Å². The second-order valence-electron chi connectivity index (χ2n) is 4.88. The third-order valence-corrected chi connectivity index (χ3v) is 2.86. The fraction of sp³-hybridized carbons (Fsp3) is 0.625. The van der Waals surface area contributed by atoms with E-state index in [1.165, 1.54) is 5.56 Å². The van der Waals surface area contributed by atoms with Crippen molar-refractivity contribution in [2.75, 3.05) is 19.8 Å². The van der Waals surface area contributed by atoms with Gasteiger partial charge in [0.25, 0.3) is 0 Å². The zero-order valence-corrected chi connectivity index (χ0v) is 12.8. The van der Waals surface area contributed by atoms with Gasteiger partial charge < -0.3 is 19.9 Å². The molecule has 0 aliphatic rings. The molecule has 0 radical (unpaired) electrons. The number of aliphatic hydroxyl groups is 1. The predicted octanol–water partition coefficient (Wildman–Crippen LogP) is 2.73. The van der Waals surface area contributed by atoms with E-state index in [4.69, 9.17) is 9.47 Å². The van der Waals surface area contributed by atoms with Crippen LogP contribution in [0.4, 0.5) is 0 Å². The normalized spacial score (nSPS) is 12.2. The quantitative estimate of drug-likeness (QED) is 0.648. The second-order valence-corrected chi connectivity index (χ2v) is 4.88. The Balaban J connectivity index is 2.63. The fourth-order valence-corrected chi connectivity index (χ4v) is 1.80. The summed E-state index contributed by atoms with van der Waals surface area (Å²) in [4.78, 5) is 0. The monoisotopic (exact) mass is 281 g/mol. The third kappa shape index (κ3) is 6.26. The van der Waals surface area contributed by atoms with Crippen LogP contribution < -0.4 is 14.8 Å². The fourth-order valence-electron chi connectivity index (χ4n) is 1.80. The van der Waals surface area contributed by atoms with Gasteiger partial charge in [-0.1, -0.05) is 13.0 Å². The van der Waals surface area contributed by atoms with Crippen LogP contribution in [0.25, 0.3) is 0 Å². The van der Waals surface area contributed by atoms with Gasteiger partial charge in [-0.15, -0.1) is 0 Å². The maximum atomic E-state index is 9.25. The lowest BCUT2D eigenvalue weighted by Crippen LogP contribution is -2.14. The molecule has 0 bridgehead atoms. The van der Waals surface area contributed by atoms with Crippen molar-refractivity contribution in [2.45, 2.75) is 46.3 Å². The Bertz CT molecular complexity index is 380. The van der Waals surface area contributed by atoms with Gasteiger partial charge >= 0.3 is 0 Å². The molecule has 114 valence electrons. The van der Waals surface area contributed by atoms with Crippen LogP contribution in [0.15, 0.2) is 18.2 Å². The highest BCUT2D eigenvalue weighted by Gasteiger charge is 2.07. The van der Waals surface area contributed by atoms with Crippen molar-refractivity contribution in [1.82, 2.24) is 5.32 Å². The molecule has 0 fully saturated rings. The Morgan fingerprint density at radius 2 is 2.00 bits per heavy atom. The van der Waals surface area contributed by atoms with Crippen molar-refractivity contribution in [2.24, 2.45) is 0 Å². The van der Waals surface area contributed by atoms with Gasteiger partial charge in [-0.25, -0.2) is 0 Å². The Labute approximate surface area is 122 Å². The first-order valence-electron chi connectivity index (χ1n) is 7.44. The minimum absolute atomic E-state index is 0.344. The number of rotatable bonds is 10. The summed E-state index contributed by atoms with van der Waals surface area (Å²) in [6.07, 6.45) is 1.40. The molecule has 20 heavy (non-hydrogen) atoms. The minimum Gasteiger partial charge on any atom is -0.490 e. The summed E-state index contributed by atoms with van der Waals surface area (Å²) >= 11 is 0. The molecule has 1 unspecified atom stereocenters. The average molecular weight is 281 g/mol. The lowest BCUT2D eigenvalue weighted by molar-refractivity contribution is 0.153. The van der Waals surface area contributed by atoms with Crippen LogP contribution >= 0.6 is 0 Å². The van der Waals surface area contributed by atoms with Crippen molar-refractivity contribution < 1.29 is 14.6 Å². The first-order valence-corrected chi connectivity index (χ1v) is 7.44. The molecule has 0 amide bonds. The summed E-state index contributed by atoms with van der Waals surface area (Å²) in [7, 11) is 0. The van der Waals surface area contributed by atoms with Gasteiger partial charge in [0.15, 0.2) is 11.5 Å². The summed E-state index contributed by atoms with van der Waals surface area (Å²) < 4.78 is 11.3. The SMILES string of the molecule is CCCNCc1ccc(OCCC(C)O)c(OCC)c1. The molecule has 0 aliphatic carbocycles. The van der Waals surface area contributed by atoms with Crippen molar-refractivity contribution in [3.8, 4) is 11.5 Å². The van der Waals surface area contributed by atoms with E-state index in [1.54, 1.807) is 6.92 Å². The molecule has 1 aromatic rings. The Morgan fingerprint density at radius 3 is 2.65 bits per heavy atom. The smallest absolute Gasteiger partial charge is 0.161 e. The lowest BCUT2D eigenvalue weighted by Gasteiger charge is -2.14. The highest BCUT2D eigenvalue weighted by molar-refractivity contribution is 5.43. The number of aliphatic hydroxyl groups excluding tert-OH is 1. The zero-order valence-electron chi connectivity index (χ0n) is 12.8. The lowest BCUT2D eigenvalue weighted by atomic mass is 10.2.